The van der Waals surface area contributed by atoms with Crippen LogP contribution in [0.4, 0.5) is 5.69 Å². The lowest BCUT2D eigenvalue weighted by Gasteiger charge is -2.30. The fourth-order valence-electron chi connectivity index (χ4n) is 3.39. The number of ether oxygens (including phenoxy) is 1. The Labute approximate surface area is 180 Å². The van der Waals surface area contributed by atoms with Crippen molar-refractivity contribution in [3.63, 3.8) is 0 Å². The highest BCUT2D eigenvalue weighted by Crippen LogP contribution is 2.26. The summed E-state index contributed by atoms with van der Waals surface area (Å²) in [5.74, 6) is 0.666. The second-order valence-corrected chi connectivity index (χ2v) is 9.62. The Morgan fingerprint density at radius 1 is 1.03 bits per heavy atom. The first kappa shape index (κ1) is 23.7. The van der Waals surface area contributed by atoms with Crippen molar-refractivity contribution in [2.75, 3.05) is 17.2 Å². The molecule has 0 aliphatic carbocycles. The first-order valence-corrected chi connectivity index (χ1v) is 12.1. The summed E-state index contributed by atoms with van der Waals surface area (Å²) in [6.07, 6.45) is 1.86. The van der Waals surface area contributed by atoms with Crippen LogP contribution in [0.15, 0.2) is 54.6 Å². The van der Waals surface area contributed by atoms with Crippen molar-refractivity contribution < 1.29 is 17.9 Å². The summed E-state index contributed by atoms with van der Waals surface area (Å²) in [5.41, 5.74) is 1.42. The lowest BCUT2D eigenvalue weighted by Crippen LogP contribution is -2.48. The number of sulfonamides is 1. The molecule has 2 rings (SSSR count). The van der Waals surface area contributed by atoms with Crippen LogP contribution in [0.5, 0.6) is 5.75 Å². The van der Waals surface area contributed by atoms with E-state index in [1.54, 1.807) is 31.2 Å². The van der Waals surface area contributed by atoms with Gasteiger partial charge in [-0.05, 0) is 56.0 Å². The molecule has 7 heteroatoms. The Morgan fingerprint density at radius 2 is 1.63 bits per heavy atom. The van der Waals surface area contributed by atoms with Gasteiger partial charge in [0.05, 0.1) is 24.6 Å². The molecule has 0 bridgehead atoms. The molecule has 0 heterocycles. The molecule has 0 unspecified atom stereocenters. The maximum absolute atomic E-state index is 13.1. The predicted octanol–water partition coefficient (Wildman–Crippen LogP) is 4.14. The van der Waals surface area contributed by atoms with Crippen LogP contribution in [0, 0.1) is 5.92 Å². The van der Waals surface area contributed by atoms with Gasteiger partial charge in [-0.1, -0.05) is 44.2 Å². The highest BCUT2D eigenvalue weighted by atomic mass is 32.2. The molecule has 1 N–H and O–H groups in total. The minimum absolute atomic E-state index is 0.192. The van der Waals surface area contributed by atoms with E-state index in [4.69, 9.17) is 4.74 Å². The van der Waals surface area contributed by atoms with E-state index in [1.165, 1.54) is 0 Å². The van der Waals surface area contributed by atoms with Crippen LogP contribution in [0.1, 0.15) is 45.7 Å². The highest BCUT2D eigenvalue weighted by Gasteiger charge is 2.30. The highest BCUT2D eigenvalue weighted by molar-refractivity contribution is 7.92. The van der Waals surface area contributed by atoms with Gasteiger partial charge in [0.15, 0.2) is 0 Å². The first-order valence-electron chi connectivity index (χ1n) is 10.2. The van der Waals surface area contributed by atoms with Crippen molar-refractivity contribution in [3.05, 3.63) is 60.2 Å². The fraction of sp³-hybridized carbons (Fsp3) is 0.435. The normalized spacial score (nSPS) is 13.5. The van der Waals surface area contributed by atoms with Crippen LogP contribution < -0.4 is 14.4 Å². The summed E-state index contributed by atoms with van der Waals surface area (Å²) < 4.78 is 31.6. The number of benzene rings is 2. The van der Waals surface area contributed by atoms with Gasteiger partial charge in [0, 0.05) is 0 Å². The molecule has 0 aromatic heterocycles. The minimum Gasteiger partial charge on any atom is -0.494 e. The molecule has 0 saturated carbocycles. The molecule has 0 saturated heterocycles. The Bertz CT molecular complexity index is 912. The van der Waals surface area contributed by atoms with E-state index in [0.717, 1.165) is 22.5 Å². The van der Waals surface area contributed by atoms with Crippen molar-refractivity contribution in [1.29, 1.82) is 0 Å². The van der Waals surface area contributed by atoms with E-state index < -0.39 is 16.1 Å². The monoisotopic (exact) mass is 432 g/mol. The van der Waals surface area contributed by atoms with Crippen molar-refractivity contribution >= 4 is 21.6 Å². The maximum Gasteiger partial charge on any atom is 0.244 e. The van der Waals surface area contributed by atoms with E-state index in [2.05, 4.69) is 19.2 Å². The molecule has 0 spiro atoms. The SMILES string of the molecule is CCOc1ccc(N([C@H](C)C(=O)N[C@H](CC(C)C)c2ccccc2)S(C)(=O)=O)cc1. The second kappa shape index (κ2) is 10.5. The van der Waals surface area contributed by atoms with Gasteiger partial charge in [-0.15, -0.1) is 0 Å². The lowest BCUT2D eigenvalue weighted by molar-refractivity contribution is -0.122. The summed E-state index contributed by atoms with van der Waals surface area (Å²) in [7, 11) is -3.68. The molecule has 0 fully saturated rings. The van der Waals surface area contributed by atoms with E-state index in [0.29, 0.717) is 24.0 Å². The molecule has 0 aliphatic rings. The second-order valence-electron chi connectivity index (χ2n) is 7.76. The molecule has 2 aromatic rings. The minimum atomic E-state index is -3.68. The number of hydrogen-bond donors (Lipinski definition) is 1. The van der Waals surface area contributed by atoms with Gasteiger partial charge in [-0.3, -0.25) is 9.10 Å². The summed E-state index contributed by atoms with van der Waals surface area (Å²) in [4.78, 5) is 13.1. The summed E-state index contributed by atoms with van der Waals surface area (Å²) in [6, 6.07) is 15.3. The van der Waals surface area contributed by atoms with Gasteiger partial charge in [-0.25, -0.2) is 8.42 Å². The zero-order valence-electron chi connectivity index (χ0n) is 18.3. The van der Waals surface area contributed by atoms with Crippen molar-refractivity contribution in [2.45, 2.75) is 46.2 Å². The quantitative estimate of drug-likeness (QED) is 0.612. The van der Waals surface area contributed by atoms with Gasteiger partial charge in [-0.2, -0.15) is 0 Å². The average Bonchev–Trinajstić information content (AvgIpc) is 2.68. The fourth-order valence-corrected chi connectivity index (χ4v) is 4.57. The van der Waals surface area contributed by atoms with Crippen molar-refractivity contribution in [1.82, 2.24) is 5.32 Å². The number of carbonyl (C=O) groups excluding carboxylic acids is 1. The van der Waals surface area contributed by atoms with Gasteiger partial charge >= 0.3 is 0 Å². The zero-order chi connectivity index (χ0) is 22.3. The number of hydrogen-bond acceptors (Lipinski definition) is 4. The molecule has 30 heavy (non-hydrogen) atoms. The first-order chi connectivity index (χ1) is 14.1. The van der Waals surface area contributed by atoms with Gasteiger partial charge in [0.25, 0.3) is 0 Å². The van der Waals surface area contributed by atoms with Crippen LogP contribution in [-0.4, -0.2) is 33.2 Å². The summed E-state index contributed by atoms with van der Waals surface area (Å²) >= 11 is 0. The van der Waals surface area contributed by atoms with Crippen LogP contribution in [-0.2, 0) is 14.8 Å². The molecule has 2 aromatic carbocycles. The van der Waals surface area contributed by atoms with E-state index in [-0.39, 0.29) is 11.9 Å². The number of rotatable bonds is 10. The van der Waals surface area contributed by atoms with Crippen LogP contribution in [0.25, 0.3) is 0 Å². The third kappa shape index (κ3) is 6.49. The largest absolute Gasteiger partial charge is 0.494 e. The number of anilines is 1. The molecule has 2 atom stereocenters. The van der Waals surface area contributed by atoms with Gasteiger partial charge in [0.2, 0.25) is 15.9 Å². The molecule has 1 amide bonds. The molecule has 0 radical (unpaired) electrons. The Hall–Kier alpha value is -2.54. The standard InChI is InChI=1S/C23H32N2O4S/c1-6-29-21-14-12-20(13-15-21)25(30(5,27)28)18(4)23(26)24-22(16-17(2)3)19-10-8-7-9-11-19/h7-15,17-18,22H,6,16H2,1-5H3,(H,24,26)/t18-,22-/m1/s1. The van der Waals surface area contributed by atoms with E-state index in [1.807, 2.05) is 37.3 Å². The molecular weight excluding hydrogens is 400 g/mol. The van der Waals surface area contributed by atoms with E-state index in [9.17, 15) is 13.2 Å². The van der Waals surface area contributed by atoms with Gasteiger partial charge in [0.1, 0.15) is 11.8 Å². The topological polar surface area (TPSA) is 75.7 Å². The van der Waals surface area contributed by atoms with Gasteiger partial charge < -0.3 is 10.1 Å². The zero-order valence-corrected chi connectivity index (χ0v) is 19.1. The Balaban J connectivity index is 2.28. The predicted molar refractivity (Wildman–Crippen MR) is 121 cm³/mol. The maximum atomic E-state index is 13.1. The van der Waals surface area contributed by atoms with Crippen LogP contribution >= 0.6 is 0 Å². The third-order valence-electron chi connectivity index (χ3n) is 4.72. The summed E-state index contributed by atoms with van der Waals surface area (Å²) in [5, 5.41) is 3.05. The average molecular weight is 433 g/mol. The number of carbonyl (C=O) groups is 1. The smallest absolute Gasteiger partial charge is 0.244 e. The molecular formula is C23H32N2O4S. The lowest BCUT2D eigenvalue weighted by atomic mass is 9.96. The van der Waals surface area contributed by atoms with Crippen LogP contribution in [0.2, 0.25) is 0 Å². The number of nitrogens with zero attached hydrogens (tertiary/aromatic N) is 1. The Morgan fingerprint density at radius 3 is 2.13 bits per heavy atom. The number of nitrogens with one attached hydrogen (secondary N) is 1. The van der Waals surface area contributed by atoms with Crippen molar-refractivity contribution in [2.24, 2.45) is 5.92 Å². The summed E-state index contributed by atoms with van der Waals surface area (Å²) in [6.45, 7) is 8.18. The number of amides is 1. The Kier molecular flexibility index (Phi) is 8.29. The third-order valence-corrected chi connectivity index (χ3v) is 5.96. The molecule has 6 nitrogen and oxygen atoms in total. The molecule has 0 aliphatic heterocycles. The van der Waals surface area contributed by atoms with Crippen LogP contribution in [0.3, 0.4) is 0 Å². The molecule has 164 valence electrons. The van der Waals surface area contributed by atoms with E-state index >= 15 is 0 Å². The van der Waals surface area contributed by atoms with Crippen molar-refractivity contribution in [3.8, 4) is 5.75 Å².